The van der Waals surface area contributed by atoms with Gasteiger partial charge in [-0.25, -0.2) is 14.8 Å². The lowest BCUT2D eigenvalue weighted by Gasteiger charge is -2.39. The normalized spacial score (nSPS) is 16.3. The third-order valence-corrected chi connectivity index (χ3v) is 4.96. The Hall–Kier alpha value is -2.81. The van der Waals surface area contributed by atoms with Gasteiger partial charge in [0.25, 0.3) is 0 Å². The molecule has 0 N–H and O–H groups in total. The zero-order chi connectivity index (χ0) is 22.8. The SMILES string of the molecule is COC[C@](C)(N=[N+]=[N-])c1cnc(OC2CN(C(=O)OC(C)(C)C)C2)c2cnc(Cl)cc12. The molecule has 0 aliphatic carbocycles. The van der Waals surface area contributed by atoms with Crippen LogP contribution in [0.25, 0.3) is 21.2 Å². The molecule has 2 aromatic rings. The number of carbonyl (C=O) groups is 1. The topological polar surface area (TPSA) is 123 Å². The smallest absolute Gasteiger partial charge is 0.410 e. The van der Waals surface area contributed by atoms with Gasteiger partial charge in [0.1, 0.15) is 16.9 Å². The first-order valence-corrected chi connectivity index (χ1v) is 10.1. The molecular formula is C20H25ClN6O4. The fourth-order valence-corrected chi connectivity index (χ4v) is 3.45. The Bertz CT molecular complexity index is 1030. The van der Waals surface area contributed by atoms with E-state index in [1.54, 1.807) is 30.3 Å². The van der Waals surface area contributed by atoms with E-state index >= 15 is 0 Å². The number of halogens is 1. The van der Waals surface area contributed by atoms with Crippen LogP contribution in [0.15, 0.2) is 23.6 Å². The van der Waals surface area contributed by atoms with Gasteiger partial charge in [-0.3, -0.25) is 0 Å². The molecule has 10 nitrogen and oxygen atoms in total. The fraction of sp³-hybridized carbons (Fsp3) is 0.550. The summed E-state index contributed by atoms with van der Waals surface area (Å²) in [5.41, 5.74) is 8.14. The molecule has 0 saturated carbocycles. The van der Waals surface area contributed by atoms with Gasteiger partial charge in [-0.1, -0.05) is 16.7 Å². The molecule has 166 valence electrons. The number of azide groups is 1. The second-order valence-electron chi connectivity index (χ2n) is 8.55. The van der Waals surface area contributed by atoms with Crippen molar-refractivity contribution >= 4 is 28.5 Å². The summed E-state index contributed by atoms with van der Waals surface area (Å²) in [4.78, 5) is 25.2. The second kappa shape index (κ2) is 8.74. The van der Waals surface area contributed by atoms with Gasteiger partial charge < -0.3 is 19.1 Å². The number of methoxy groups -OCH3 is 1. The molecule has 3 rings (SSSR count). The van der Waals surface area contributed by atoms with Gasteiger partial charge in [0.15, 0.2) is 0 Å². The van der Waals surface area contributed by atoms with Crippen LogP contribution >= 0.6 is 11.6 Å². The first kappa shape index (κ1) is 22.9. The summed E-state index contributed by atoms with van der Waals surface area (Å²) < 4.78 is 16.6. The largest absolute Gasteiger partial charge is 0.470 e. The van der Waals surface area contributed by atoms with E-state index in [-0.39, 0.29) is 24.0 Å². The molecule has 11 heteroatoms. The predicted octanol–water partition coefficient (Wildman–Crippen LogP) is 4.45. The number of nitrogens with zero attached hydrogens (tertiary/aromatic N) is 6. The quantitative estimate of drug-likeness (QED) is 0.278. The summed E-state index contributed by atoms with van der Waals surface area (Å²) in [6.07, 6.45) is 2.55. The van der Waals surface area contributed by atoms with E-state index in [1.165, 1.54) is 7.11 Å². The van der Waals surface area contributed by atoms with E-state index in [9.17, 15) is 4.79 Å². The molecule has 1 aliphatic heterocycles. The van der Waals surface area contributed by atoms with Crippen molar-refractivity contribution in [3.63, 3.8) is 0 Å². The van der Waals surface area contributed by atoms with Crippen LogP contribution in [0.1, 0.15) is 33.3 Å². The second-order valence-corrected chi connectivity index (χ2v) is 8.94. The third-order valence-electron chi connectivity index (χ3n) is 4.75. The Labute approximate surface area is 185 Å². The molecule has 2 aromatic heterocycles. The Balaban J connectivity index is 1.86. The van der Waals surface area contributed by atoms with Gasteiger partial charge in [-0.05, 0) is 50.2 Å². The van der Waals surface area contributed by atoms with Crippen molar-refractivity contribution in [3.8, 4) is 5.88 Å². The van der Waals surface area contributed by atoms with Crippen molar-refractivity contribution in [2.45, 2.75) is 44.9 Å². The maximum Gasteiger partial charge on any atom is 0.410 e. The molecule has 3 heterocycles. The minimum Gasteiger partial charge on any atom is -0.470 e. The van der Waals surface area contributed by atoms with Crippen LogP contribution in [0.5, 0.6) is 5.88 Å². The lowest BCUT2D eigenvalue weighted by molar-refractivity contribution is -0.0228. The van der Waals surface area contributed by atoms with Gasteiger partial charge >= 0.3 is 6.09 Å². The highest BCUT2D eigenvalue weighted by Crippen LogP contribution is 2.36. The number of likely N-dealkylation sites (tertiary alicyclic amines) is 1. The Morgan fingerprint density at radius 1 is 1.29 bits per heavy atom. The highest BCUT2D eigenvalue weighted by Gasteiger charge is 2.36. The molecule has 1 saturated heterocycles. The fourth-order valence-electron chi connectivity index (χ4n) is 3.29. The number of amides is 1. The van der Waals surface area contributed by atoms with E-state index in [1.807, 2.05) is 20.8 Å². The van der Waals surface area contributed by atoms with Crippen LogP contribution in [-0.4, -0.2) is 59.5 Å². The molecule has 0 unspecified atom stereocenters. The van der Waals surface area contributed by atoms with Crippen molar-refractivity contribution in [2.75, 3.05) is 26.8 Å². The maximum atomic E-state index is 12.1. The van der Waals surface area contributed by atoms with E-state index < -0.39 is 11.1 Å². The summed E-state index contributed by atoms with van der Waals surface area (Å²) in [6.45, 7) is 8.15. The number of aromatic nitrogens is 2. The minimum atomic E-state index is -0.998. The van der Waals surface area contributed by atoms with Gasteiger partial charge in [0.05, 0.1) is 30.6 Å². The average Bonchev–Trinajstić information content (AvgIpc) is 2.62. The number of carbonyl (C=O) groups excluding carboxylic acids is 1. The molecule has 1 atom stereocenters. The van der Waals surface area contributed by atoms with Crippen molar-refractivity contribution in [1.82, 2.24) is 14.9 Å². The van der Waals surface area contributed by atoms with Crippen molar-refractivity contribution < 1.29 is 19.0 Å². The first-order chi connectivity index (χ1) is 14.6. The maximum absolute atomic E-state index is 12.1. The highest BCUT2D eigenvalue weighted by molar-refractivity contribution is 6.30. The molecule has 1 amide bonds. The van der Waals surface area contributed by atoms with Crippen molar-refractivity contribution in [1.29, 1.82) is 0 Å². The molecule has 31 heavy (non-hydrogen) atoms. The molecular weight excluding hydrogens is 424 g/mol. The lowest BCUT2D eigenvalue weighted by atomic mass is 9.91. The van der Waals surface area contributed by atoms with E-state index in [0.717, 1.165) is 0 Å². The lowest BCUT2D eigenvalue weighted by Crippen LogP contribution is -2.57. The molecule has 0 radical (unpaired) electrons. The summed E-state index contributed by atoms with van der Waals surface area (Å²) in [5.74, 6) is 0.359. The number of hydrogen-bond acceptors (Lipinski definition) is 7. The van der Waals surface area contributed by atoms with Crippen LogP contribution in [0.4, 0.5) is 4.79 Å². The molecule has 0 spiro atoms. The number of hydrogen-bond donors (Lipinski definition) is 0. The van der Waals surface area contributed by atoms with Crippen molar-refractivity contribution in [3.05, 3.63) is 39.6 Å². The Morgan fingerprint density at radius 2 is 2.00 bits per heavy atom. The van der Waals surface area contributed by atoms with E-state index in [4.69, 9.17) is 31.3 Å². The van der Waals surface area contributed by atoms with E-state index in [0.29, 0.717) is 35.3 Å². The van der Waals surface area contributed by atoms with Crippen LogP contribution in [0, 0.1) is 0 Å². The van der Waals surface area contributed by atoms with Crippen LogP contribution < -0.4 is 4.74 Å². The highest BCUT2D eigenvalue weighted by atomic mass is 35.5. The molecule has 0 aromatic carbocycles. The Morgan fingerprint density at radius 3 is 2.61 bits per heavy atom. The van der Waals surface area contributed by atoms with Gasteiger partial charge in [0.2, 0.25) is 5.88 Å². The van der Waals surface area contributed by atoms with Crippen LogP contribution in [-0.2, 0) is 15.0 Å². The third kappa shape index (κ3) is 5.10. The zero-order valence-electron chi connectivity index (χ0n) is 18.1. The summed E-state index contributed by atoms with van der Waals surface area (Å²) >= 11 is 6.13. The van der Waals surface area contributed by atoms with E-state index in [2.05, 4.69) is 20.0 Å². The van der Waals surface area contributed by atoms with Gasteiger partial charge in [-0.2, -0.15) is 0 Å². The van der Waals surface area contributed by atoms with Crippen LogP contribution in [0.3, 0.4) is 0 Å². The summed E-state index contributed by atoms with van der Waals surface area (Å²) in [7, 11) is 1.53. The van der Waals surface area contributed by atoms with Gasteiger partial charge in [0, 0.05) is 24.4 Å². The predicted molar refractivity (Wildman–Crippen MR) is 115 cm³/mol. The van der Waals surface area contributed by atoms with Crippen molar-refractivity contribution in [2.24, 2.45) is 5.11 Å². The molecule has 1 aliphatic rings. The number of fused-ring (bicyclic) bond motifs is 1. The number of pyridine rings is 2. The average molecular weight is 449 g/mol. The zero-order valence-corrected chi connectivity index (χ0v) is 18.9. The van der Waals surface area contributed by atoms with Gasteiger partial charge in [-0.15, -0.1) is 0 Å². The first-order valence-electron chi connectivity index (χ1n) is 9.71. The molecule has 1 fully saturated rings. The number of rotatable bonds is 6. The monoisotopic (exact) mass is 448 g/mol. The Kier molecular flexibility index (Phi) is 6.45. The van der Waals surface area contributed by atoms with Crippen LogP contribution in [0.2, 0.25) is 5.15 Å². The number of ether oxygens (including phenoxy) is 3. The summed E-state index contributed by atoms with van der Waals surface area (Å²) in [5, 5.41) is 5.52. The molecule has 0 bridgehead atoms. The minimum absolute atomic E-state index is 0.154. The summed E-state index contributed by atoms with van der Waals surface area (Å²) in [6, 6.07) is 1.68. The standard InChI is InChI=1S/C20H25ClN6O4/c1-19(2,3)31-18(28)27-9-12(10-27)30-17-14-7-23-16(21)6-13(14)15(8-24-17)20(4,11-29-5)25-26-22/h6-8,12H,9-11H2,1-5H3/t20-/m0/s1.